The highest BCUT2D eigenvalue weighted by Crippen LogP contribution is 2.21. The molecule has 3 aromatic rings. The molecule has 1 N–H and O–H groups in total. The molecule has 0 radical (unpaired) electrons. The van der Waals surface area contributed by atoms with Gasteiger partial charge in [-0.2, -0.15) is 0 Å². The third-order valence-electron chi connectivity index (χ3n) is 7.75. The third-order valence-corrected chi connectivity index (χ3v) is 7.75. The van der Waals surface area contributed by atoms with E-state index in [1.165, 1.54) is 17.5 Å². The topological polar surface area (TPSA) is 49.4 Å². The molecule has 0 aliphatic heterocycles. The van der Waals surface area contributed by atoms with Gasteiger partial charge in [-0.15, -0.1) is 0 Å². The third kappa shape index (κ3) is 7.31. The summed E-state index contributed by atoms with van der Waals surface area (Å²) >= 11 is 0. The molecule has 0 spiro atoms. The Morgan fingerprint density at radius 3 is 2.22 bits per heavy atom. The lowest BCUT2D eigenvalue weighted by molar-refractivity contribution is -0.141. The van der Waals surface area contributed by atoms with Gasteiger partial charge in [0.15, 0.2) is 0 Å². The average molecular weight is 497 g/mol. The summed E-state index contributed by atoms with van der Waals surface area (Å²) in [6.07, 6.45) is 6.31. The minimum absolute atomic E-state index is 0.0220. The van der Waals surface area contributed by atoms with Crippen LogP contribution in [0.4, 0.5) is 0 Å². The highest BCUT2D eigenvalue weighted by molar-refractivity contribution is 5.89. The highest BCUT2D eigenvalue weighted by Gasteiger charge is 2.32. The maximum Gasteiger partial charge on any atom is 0.243 e. The number of carbonyl (C=O) groups excluding carboxylic acids is 2. The lowest BCUT2D eigenvalue weighted by Gasteiger charge is -2.34. The van der Waals surface area contributed by atoms with Gasteiger partial charge in [0.2, 0.25) is 11.8 Å². The summed E-state index contributed by atoms with van der Waals surface area (Å²) < 4.78 is 0. The van der Waals surface area contributed by atoms with Gasteiger partial charge in [-0.05, 0) is 67.0 Å². The molecule has 1 saturated carbocycles. The van der Waals surface area contributed by atoms with Crippen LogP contribution in [0.5, 0.6) is 0 Å². The molecule has 4 heteroatoms. The van der Waals surface area contributed by atoms with Gasteiger partial charge in [0, 0.05) is 19.0 Å². The van der Waals surface area contributed by atoms with Crippen LogP contribution in [0, 0.1) is 20.8 Å². The molecule has 1 atom stereocenters. The minimum atomic E-state index is -0.581. The number of hydrogen-bond donors (Lipinski definition) is 1. The average Bonchev–Trinajstić information content (AvgIpc) is 2.90. The molecule has 194 valence electrons. The molecule has 2 amide bonds. The van der Waals surface area contributed by atoms with Crippen molar-refractivity contribution in [2.24, 2.45) is 0 Å². The fourth-order valence-electron chi connectivity index (χ4n) is 5.26. The van der Waals surface area contributed by atoms with E-state index in [2.05, 4.69) is 50.4 Å². The van der Waals surface area contributed by atoms with Gasteiger partial charge in [0.25, 0.3) is 0 Å². The van der Waals surface area contributed by atoms with Crippen molar-refractivity contribution < 1.29 is 9.59 Å². The lowest BCUT2D eigenvalue weighted by Crippen LogP contribution is -2.53. The number of hydrogen-bond acceptors (Lipinski definition) is 2. The Kier molecular flexibility index (Phi) is 9.16. The zero-order valence-corrected chi connectivity index (χ0v) is 22.5. The summed E-state index contributed by atoms with van der Waals surface area (Å²) in [5.74, 6) is -0.0657. The van der Waals surface area contributed by atoms with E-state index in [1.54, 1.807) is 0 Å². The second-order valence-corrected chi connectivity index (χ2v) is 10.6. The zero-order valence-electron chi connectivity index (χ0n) is 22.5. The van der Waals surface area contributed by atoms with Crippen LogP contribution in [0.3, 0.4) is 0 Å². The Balaban J connectivity index is 1.67. The van der Waals surface area contributed by atoms with E-state index in [9.17, 15) is 9.59 Å². The van der Waals surface area contributed by atoms with E-state index in [0.717, 1.165) is 47.9 Å². The van der Waals surface area contributed by atoms with Gasteiger partial charge in [-0.25, -0.2) is 0 Å². The molecule has 0 aromatic heterocycles. The van der Waals surface area contributed by atoms with Crippen LogP contribution in [0.2, 0.25) is 0 Å². The van der Waals surface area contributed by atoms with Crippen molar-refractivity contribution in [3.05, 3.63) is 106 Å². The number of amides is 2. The number of rotatable bonds is 9. The first-order valence-electron chi connectivity index (χ1n) is 13.6. The van der Waals surface area contributed by atoms with Gasteiger partial charge in [0.05, 0.1) is 6.42 Å². The Morgan fingerprint density at radius 2 is 1.51 bits per heavy atom. The summed E-state index contributed by atoms with van der Waals surface area (Å²) in [7, 11) is 0. The normalized spacial score (nSPS) is 14.7. The molecule has 4 rings (SSSR count). The number of nitrogens with zero attached hydrogens (tertiary/aromatic N) is 1. The second-order valence-electron chi connectivity index (χ2n) is 10.6. The van der Waals surface area contributed by atoms with Crippen molar-refractivity contribution in [3.8, 4) is 0 Å². The predicted molar refractivity (Wildman–Crippen MR) is 150 cm³/mol. The number of nitrogens with one attached hydrogen (secondary N) is 1. The van der Waals surface area contributed by atoms with Crippen molar-refractivity contribution in [3.63, 3.8) is 0 Å². The van der Waals surface area contributed by atoms with E-state index >= 15 is 0 Å². The van der Waals surface area contributed by atoms with Gasteiger partial charge < -0.3 is 10.2 Å². The van der Waals surface area contributed by atoms with Gasteiger partial charge in [-0.3, -0.25) is 9.59 Å². The molecule has 1 unspecified atom stereocenters. The van der Waals surface area contributed by atoms with Gasteiger partial charge >= 0.3 is 0 Å². The van der Waals surface area contributed by atoms with E-state index < -0.39 is 6.04 Å². The van der Waals surface area contributed by atoms with Crippen LogP contribution >= 0.6 is 0 Å². The maximum atomic E-state index is 14.0. The molecule has 37 heavy (non-hydrogen) atoms. The van der Waals surface area contributed by atoms with E-state index in [1.807, 2.05) is 53.4 Å². The molecule has 3 aromatic carbocycles. The molecular weight excluding hydrogens is 456 g/mol. The molecule has 0 saturated heterocycles. The first kappa shape index (κ1) is 26.7. The monoisotopic (exact) mass is 496 g/mol. The molecule has 0 bridgehead atoms. The lowest BCUT2D eigenvalue weighted by atomic mass is 9.94. The van der Waals surface area contributed by atoms with Crippen LogP contribution in [0.1, 0.15) is 65.5 Å². The smallest absolute Gasteiger partial charge is 0.243 e. The fraction of sp³-hybridized carbons (Fsp3) is 0.394. The van der Waals surface area contributed by atoms with Crippen molar-refractivity contribution >= 4 is 11.8 Å². The molecule has 1 fully saturated rings. The van der Waals surface area contributed by atoms with Crippen molar-refractivity contribution in [2.45, 2.75) is 84.3 Å². The molecule has 0 heterocycles. The van der Waals surface area contributed by atoms with E-state index in [0.29, 0.717) is 13.0 Å². The summed E-state index contributed by atoms with van der Waals surface area (Å²) in [5.41, 5.74) is 6.61. The summed E-state index contributed by atoms with van der Waals surface area (Å²) in [4.78, 5) is 29.7. The van der Waals surface area contributed by atoms with Crippen LogP contribution in [0.25, 0.3) is 0 Å². The quantitative estimate of drug-likeness (QED) is 0.381. The predicted octanol–water partition coefficient (Wildman–Crippen LogP) is 6.24. The second kappa shape index (κ2) is 12.7. The SMILES string of the molecule is Cc1ccc(CC(=O)N(Cc2ccccc2C)C(Cc2ccccc2)C(=O)NC2CCCCC2)cc1C. The fourth-order valence-corrected chi connectivity index (χ4v) is 5.26. The Bertz CT molecular complexity index is 1200. The number of aryl methyl sites for hydroxylation is 3. The largest absolute Gasteiger partial charge is 0.352 e. The Labute approximate surface area is 222 Å². The van der Waals surface area contributed by atoms with Crippen LogP contribution in [-0.2, 0) is 29.0 Å². The van der Waals surface area contributed by atoms with E-state index in [4.69, 9.17) is 0 Å². The van der Waals surface area contributed by atoms with Gasteiger partial charge in [0.1, 0.15) is 6.04 Å². The molecule has 4 nitrogen and oxygen atoms in total. The molecular formula is C33H40N2O2. The zero-order chi connectivity index (χ0) is 26.2. The first-order chi connectivity index (χ1) is 17.9. The van der Waals surface area contributed by atoms with E-state index in [-0.39, 0.29) is 24.3 Å². The molecule has 1 aliphatic rings. The standard InChI is InChI=1S/C33H40N2O2/c1-24-18-19-28(20-26(24)3)22-32(36)35(23-29-15-11-10-12-25(29)2)31(21-27-13-6-4-7-14-27)33(37)34-30-16-8-5-9-17-30/h4,6-7,10-15,18-20,30-31H,5,8-9,16-17,21-23H2,1-3H3,(H,34,37). The first-order valence-corrected chi connectivity index (χ1v) is 13.6. The summed E-state index contributed by atoms with van der Waals surface area (Å²) in [5, 5.41) is 3.32. The van der Waals surface area contributed by atoms with Crippen LogP contribution < -0.4 is 5.32 Å². The summed E-state index contributed by atoms with van der Waals surface area (Å²) in [6.45, 7) is 6.63. The Morgan fingerprint density at radius 1 is 0.811 bits per heavy atom. The summed E-state index contributed by atoms with van der Waals surface area (Å²) in [6, 6.07) is 24.0. The van der Waals surface area contributed by atoms with Crippen molar-refractivity contribution in [1.82, 2.24) is 10.2 Å². The molecule has 1 aliphatic carbocycles. The van der Waals surface area contributed by atoms with Crippen LogP contribution in [0.15, 0.2) is 72.8 Å². The van der Waals surface area contributed by atoms with Crippen molar-refractivity contribution in [1.29, 1.82) is 0 Å². The van der Waals surface area contributed by atoms with Gasteiger partial charge in [-0.1, -0.05) is 92.1 Å². The number of carbonyl (C=O) groups is 2. The highest BCUT2D eigenvalue weighted by atomic mass is 16.2. The minimum Gasteiger partial charge on any atom is -0.352 e. The van der Waals surface area contributed by atoms with Crippen molar-refractivity contribution in [2.75, 3.05) is 0 Å². The van der Waals surface area contributed by atoms with Crippen LogP contribution in [-0.4, -0.2) is 28.8 Å². The number of benzene rings is 3. The maximum absolute atomic E-state index is 14.0. The Hall–Kier alpha value is -3.40.